The SMILES string of the molecule is c1ccc(-n2c3ccccc3c3cc(-n4c5ccsc5c5sc(-c6ccc7oc8ccccc8c7c6)cc54)ccc32)cc1. The second kappa shape index (κ2) is 8.71. The average molecular weight is 587 g/mol. The molecule has 5 heterocycles. The summed E-state index contributed by atoms with van der Waals surface area (Å²) in [6, 6.07) is 45.8. The first-order valence-electron chi connectivity index (χ1n) is 14.3. The molecule has 5 aromatic carbocycles. The van der Waals surface area contributed by atoms with Crippen molar-refractivity contribution in [3.8, 4) is 21.8 Å². The molecule has 5 aromatic heterocycles. The van der Waals surface area contributed by atoms with E-state index in [1.54, 1.807) is 0 Å². The van der Waals surface area contributed by atoms with E-state index in [0.29, 0.717) is 0 Å². The molecule has 0 bridgehead atoms. The minimum Gasteiger partial charge on any atom is -0.456 e. The summed E-state index contributed by atoms with van der Waals surface area (Å²) in [5.74, 6) is 0. The number of hydrogen-bond acceptors (Lipinski definition) is 3. The van der Waals surface area contributed by atoms with Crippen LogP contribution in [0.15, 0.2) is 137 Å². The lowest BCUT2D eigenvalue weighted by molar-refractivity contribution is 0.669. The molecule has 10 rings (SSSR count). The summed E-state index contributed by atoms with van der Waals surface area (Å²) < 4.78 is 13.6. The van der Waals surface area contributed by atoms with Crippen LogP contribution in [-0.4, -0.2) is 9.13 Å². The van der Waals surface area contributed by atoms with Gasteiger partial charge in [0.25, 0.3) is 0 Å². The van der Waals surface area contributed by atoms with Gasteiger partial charge < -0.3 is 13.6 Å². The third-order valence-electron chi connectivity index (χ3n) is 8.63. The second-order valence-electron chi connectivity index (χ2n) is 11.0. The van der Waals surface area contributed by atoms with Crippen LogP contribution in [0.2, 0.25) is 0 Å². The van der Waals surface area contributed by atoms with Crippen molar-refractivity contribution >= 4 is 86.9 Å². The van der Waals surface area contributed by atoms with Crippen LogP contribution in [0.4, 0.5) is 0 Å². The van der Waals surface area contributed by atoms with Gasteiger partial charge in [0.2, 0.25) is 0 Å². The maximum absolute atomic E-state index is 6.11. The van der Waals surface area contributed by atoms with Crippen molar-refractivity contribution in [2.24, 2.45) is 0 Å². The molecule has 202 valence electrons. The summed E-state index contributed by atoms with van der Waals surface area (Å²) in [4.78, 5) is 1.27. The van der Waals surface area contributed by atoms with E-state index < -0.39 is 0 Å². The van der Waals surface area contributed by atoms with Crippen LogP contribution in [0, 0.1) is 0 Å². The number of nitrogens with zero attached hydrogens (tertiary/aromatic N) is 2. The van der Waals surface area contributed by atoms with Crippen LogP contribution in [0.3, 0.4) is 0 Å². The molecule has 0 amide bonds. The summed E-state index contributed by atoms with van der Waals surface area (Å²) in [5.41, 5.74) is 10.4. The average Bonchev–Trinajstić information content (AvgIpc) is 3.86. The van der Waals surface area contributed by atoms with Crippen LogP contribution in [0.5, 0.6) is 0 Å². The van der Waals surface area contributed by atoms with Gasteiger partial charge in [0, 0.05) is 37.8 Å². The van der Waals surface area contributed by atoms with Crippen molar-refractivity contribution in [2.45, 2.75) is 0 Å². The Morgan fingerprint density at radius 3 is 2.16 bits per heavy atom. The summed E-state index contributed by atoms with van der Waals surface area (Å²) in [7, 11) is 0. The first kappa shape index (κ1) is 23.5. The predicted molar refractivity (Wildman–Crippen MR) is 184 cm³/mol. The van der Waals surface area contributed by atoms with E-state index >= 15 is 0 Å². The molecule has 0 N–H and O–H groups in total. The normalized spacial score (nSPS) is 12.2. The Labute approximate surface area is 254 Å². The van der Waals surface area contributed by atoms with Gasteiger partial charge in [-0.1, -0.05) is 54.6 Å². The summed E-state index contributed by atoms with van der Waals surface area (Å²) in [6.07, 6.45) is 0. The maximum atomic E-state index is 6.11. The third kappa shape index (κ3) is 3.29. The highest BCUT2D eigenvalue weighted by Gasteiger charge is 2.20. The zero-order valence-electron chi connectivity index (χ0n) is 22.8. The smallest absolute Gasteiger partial charge is 0.135 e. The predicted octanol–water partition coefficient (Wildman–Crippen LogP) is 11.6. The molecule has 0 saturated carbocycles. The van der Waals surface area contributed by atoms with Gasteiger partial charge in [0.05, 0.1) is 31.5 Å². The summed E-state index contributed by atoms with van der Waals surface area (Å²) in [5, 5.41) is 7.06. The molecule has 0 aliphatic rings. The van der Waals surface area contributed by atoms with E-state index in [9.17, 15) is 0 Å². The Balaban J connectivity index is 1.20. The first-order chi connectivity index (χ1) is 21.3. The molecule has 0 unspecified atom stereocenters. The number of thiophene rings is 2. The largest absolute Gasteiger partial charge is 0.456 e. The minimum atomic E-state index is 0.930. The highest BCUT2D eigenvalue weighted by Crippen LogP contribution is 2.45. The van der Waals surface area contributed by atoms with Crippen molar-refractivity contribution in [3.05, 3.63) is 133 Å². The Bertz CT molecular complexity index is 2680. The van der Waals surface area contributed by atoms with E-state index in [0.717, 1.165) is 21.9 Å². The van der Waals surface area contributed by atoms with E-state index in [2.05, 4.69) is 130 Å². The summed E-state index contributed by atoms with van der Waals surface area (Å²) >= 11 is 3.70. The van der Waals surface area contributed by atoms with Crippen LogP contribution in [0.1, 0.15) is 0 Å². The molecular weight excluding hydrogens is 565 g/mol. The number of rotatable bonds is 3. The molecule has 0 radical (unpaired) electrons. The molecule has 0 spiro atoms. The van der Waals surface area contributed by atoms with Gasteiger partial charge >= 0.3 is 0 Å². The Morgan fingerprint density at radius 2 is 1.23 bits per heavy atom. The van der Waals surface area contributed by atoms with E-state index in [1.165, 1.54) is 64.1 Å². The number of hydrogen-bond donors (Lipinski definition) is 0. The van der Waals surface area contributed by atoms with Crippen LogP contribution in [0.25, 0.3) is 86.0 Å². The van der Waals surface area contributed by atoms with Gasteiger partial charge in [-0.25, -0.2) is 0 Å². The first-order valence-corrected chi connectivity index (χ1v) is 16.0. The van der Waals surface area contributed by atoms with Crippen molar-refractivity contribution < 1.29 is 4.42 Å². The van der Waals surface area contributed by atoms with Gasteiger partial charge in [-0.15, -0.1) is 22.7 Å². The number of fused-ring (bicyclic) bond motifs is 9. The quantitative estimate of drug-likeness (QED) is 0.202. The van der Waals surface area contributed by atoms with Gasteiger partial charge in [-0.3, -0.25) is 0 Å². The fraction of sp³-hybridized carbons (Fsp3) is 0. The highest BCUT2D eigenvalue weighted by atomic mass is 32.1. The Morgan fingerprint density at radius 1 is 0.465 bits per heavy atom. The van der Waals surface area contributed by atoms with Crippen molar-refractivity contribution in [3.63, 3.8) is 0 Å². The minimum absolute atomic E-state index is 0.930. The van der Waals surface area contributed by atoms with Crippen LogP contribution >= 0.6 is 22.7 Å². The van der Waals surface area contributed by atoms with Gasteiger partial charge in [0.15, 0.2) is 0 Å². The molecule has 0 fully saturated rings. The van der Waals surface area contributed by atoms with E-state index in [1.807, 2.05) is 34.8 Å². The number of benzene rings is 5. The Hall–Kier alpha value is -5.10. The molecule has 0 aliphatic carbocycles. The van der Waals surface area contributed by atoms with Gasteiger partial charge in [-0.05, 0) is 83.7 Å². The zero-order valence-corrected chi connectivity index (χ0v) is 24.5. The molecule has 5 heteroatoms. The van der Waals surface area contributed by atoms with Gasteiger partial charge in [-0.2, -0.15) is 0 Å². The number of para-hydroxylation sites is 3. The van der Waals surface area contributed by atoms with Crippen molar-refractivity contribution in [2.75, 3.05) is 0 Å². The zero-order chi connectivity index (χ0) is 28.1. The molecule has 43 heavy (non-hydrogen) atoms. The van der Waals surface area contributed by atoms with Crippen LogP contribution < -0.4 is 0 Å². The lowest BCUT2D eigenvalue weighted by atomic mass is 10.1. The number of furan rings is 1. The standard InChI is InChI=1S/C38H22N2OS2/c1-2-8-24(9-3-1)39-30-12-6-4-10-26(30)28-21-25(15-16-31(28)39)40-32-18-19-42-37(32)38-33(40)22-36(43-38)23-14-17-35-29(20-23)27-11-5-7-13-34(27)41-35/h1-22H. The molecule has 0 atom stereocenters. The Kier molecular flexibility index (Phi) is 4.75. The second-order valence-corrected chi connectivity index (χ2v) is 13.0. The lowest BCUT2D eigenvalue weighted by Gasteiger charge is -2.09. The molecule has 3 nitrogen and oxygen atoms in total. The van der Waals surface area contributed by atoms with Crippen molar-refractivity contribution in [1.29, 1.82) is 0 Å². The van der Waals surface area contributed by atoms with Crippen LogP contribution in [-0.2, 0) is 0 Å². The molecule has 0 aliphatic heterocycles. The topological polar surface area (TPSA) is 23.0 Å². The molecule has 0 saturated heterocycles. The van der Waals surface area contributed by atoms with Crippen molar-refractivity contribution in [1.82, 2.24) is 9.13 Å². The molecule has 10 aromatic rings. The highest BCUT2D eigenvalue weighted by molar-refractivity contribution is 7.28. The fourth-order valence-corrected chi connectivity index (χ4v) is 8.92. The van der Waals surface area contributed by atoms with E-state index in [-0.39, 0.29) is 0 Å². The van der Waals surface area contributed by atoms with E-state index in [4.69, 9.17) is 4.42 Å². The summed E-state index contributed by atoms with van der Waals surface area (Å²) in [6.45, 7) is 0. The maximum Gasteiger partial charge on any atom is 0.135 e. The third-order valence-corrected chi connectivity index (χ3v) is 10.9. The molecular formula is C38H22N2OS2. The van der Waals surface area contributed by atoms with Gasteiger partial charge in [0.1, 0.15) is 11.2 Å². The monoisotopic (exact) mass is 586 g/mol. The number of aromatic nitrogens is 2. The lowest BCUT2D eigenvalue weighted by Crippen LogP contribution is -1.95. The fourth-order valence-electron chi connectivity index (χ4n) is 6.74.